The molecule has 3 nitrogen and oxygen atoms in total. The van der Waals surface area contributed by atoms with E-state index in [1.807, 2.05) is 13.1 Å². The second-order valence-corrected chi connectivity index (χ2v) is 5.36. The van der Waals surface area contributed by atoms with Crippen LogP contribution in [0, 0.1) is 0 Å². The van der Waals surface area contributed by atoms with Gasteiger partial charge in [-0.15, -0.1) is 0 Å². The molecule has 1 unspecified atom stereocenters. The first-order chi connectivity index (χ1) is 8.11. The number of rotatable bonds is 0. The summed E-state index contributed by atoms with van der Waals surface area (Å²) < 4.78 is 0. The number of carbonyl (C=O) groups excluding carboxylic acids is 1. The lowest BCUT2D eigenvalue weighted by Gasteiger charge is -2.36. The maximum Gasteiger partial charge on any atom is 0.255 e. The van der Waals surface area contributed by atoms with Crippen molar-refractivity contribution in [1.29, 1.82) is 0 Å². The first-order valence-corrected chi connectivity index (χ1v) is 6.32. The lowest BCUT2D eigenvalue weighted by atomic mass is 9.85. The largest absolute Gasteiger partial charge is 0.337 e. The molecule has 0 aromatic heterocycles. The first-order valence-electron chi connectivity index (χ1n) is 5.57. The number of nitrogens with one attached hydrogen (secondary N) is 1. The van der Waals surface area contributed by atoms with Crippen LogP contribution in [-0.4, -0.2) is 37.0 Å². The van der Waals surface area contributed by atoms with E-state index >= 15 is 0 Å². The molecular formula is C12H12Cl2N2O. The Kier molecular flexibility index (Phi) is 2.58. The second-order valence-electron chi connectivity index (χ2n) is 4.57. The third-order valence-corrected chi connectivity index (χ3v) is 4.54. The lowest BCUT2D eigenvalue weighted by Crippen LogP contribution is -2.45. The van der Waals surface area contributed by atoms with Gasteiger partial charge < -0.3 is 10.2 Å². The zero-order chi connectivity index (χ0) is 12.2. The highest BCUT2D eigenvalue weighted by Gasteiger charge is 2.41. The van der Waals surface area contributed by atoms with Crippen molar-refractivity contribution < 1.29 is 4.79 Å². The van der Waals surface area contributed by atoms with Crippen molar-refractivity contribution >= 4 is 29.1 Å². The van der Waals surface area contributed by atoms with Crippen molar-refractivity contribution in [1.82, 2.24) is 10.2 Å². The number of amides is 1. The highest BCUT2D eigenvalue weighted by atomic mass is 35.5. The van der Waals surface area contributed by atoms with Crippen LogP contribution in [-0.2, 0) is 0 Å². The van der Waals surface area contributed by atoms with Crippen molar-refractivity contribution in [2.24, 2.45) is 0 Å². The third kappa shape index (κ3) is 1.49. The Balaban J connectivity index is 2.23. The molecule has 2 aliphatic heterocycles. The van der Waals surface area contributed by atoms with E-state index in [2.05, 4.69) is 5.32 Å². The van der Waals surface area contributed by atoms with E-state index in [9.17, 15) is 4.79 Å². The number of likely N-dealkylation sites (N-methyl/N-ethyl adjacent to an activating group) is 1. The van der Waals surface area contributed by atoms with Crippen LogP contribution in [0.5, 0.6) is 0 Å². The van der Waals surface area contributed by atoms with Gasteiger partial charge in [-0.2, -0.15) is 0 Å². The molecule has 0 saturated carbocycles. The van der Waals surface area contributed by atoms with Crippen LogP contribution in [0.4, 0.5) is 0 Å². The van der Waals surface area contributed by atoms with Gasteiger partial charge in [0.1, 0.15) is 0 Å². The van der Waals surface area contributed by atoms with E-state index in [1.165, 1.54) is 0 Å². The highest BCUT2D eigenvalue weighted by molar-refractivity contribution is 6.44. The Labute approximate surface area is 110 Å². The molecule has 3 rings (SSSR count). The minimum atomic E-state index is -0.0301. The minimum Gasteiger partial charge on any atom is -0.337 e. The third-order valence-electron chi connectivity index (χ3n) is 3.74. The van der Waals surface area contributed by atoms with E-state index in [1.54, 1.807) is 11.0 Å². The Morgan fingerprint density at radius 2 is 2.12 bits per heavy atom. The van der Waals surface area contributed by atoms with Crippen molar-refractivity contribution in [2.75, 3.05) is 20.1 Å². The maximum atomic E-state index is 12.3. The van der Waals surface area contributed by atoms with E-state index in [-0.39, 0.29) is 11.9 Å². The number of hydrogen-bond donors (Lipinski definition) is 1. The summed E-state index contributed by atoms with van der Waals surface area (Å²) in [5.41, 5.74) is 1.60. The molecule has 0 bridgehead atoms. The molecule has 1 N–H and O–H groups in total. The Morgan fingerprint density at radius 1 is 1.35 bits per heavy atom. The van der Waals surface area contributed by atoms with Gasteiger partial charge >= 0.3 is 0 Å². The molecule has 0 radical (unpaired) electrons. The zero-order valence-electron chi connectivity index (χ0n) is 9.34. The van der Waals surface area contributed by atoms with Gasteiger partial charge in [0.25, 0.3) is 5.91 Å². The average molecular weight is 271 g/mol. The highest BCUT2D eigenvalue weighted by Crippen LogP contribution is 2.40. The van der Waals surface area contributed by atoms with Crippen LogP contribution in [0.25, 0.3) is 0 Å². The van der Waals surface area contributed by atoms with Crippen LogP contribution in [0.1, 0.15) is 21.8 Å². The van der Waals surface area contributed by atoms with Crippen LogP contribution in [0.3, 0.4) is 0 Å². The van der Waals surface area contributed by atoms with E-state index in [0.29, 0.717) is 21.5 Å². The van der Waals surface area contributed by atoms with E-state index in [4.69, 9.17) is 23.2 Å². The fraction of sp³-hybridized carbons (Fsp3) is 0.417. The van der Waals surface area contributed by atoms with Crippen molar-refractivity contribution in [3.05, 3.63) is 33.3 Å². The van der Waals surface area contributed by atoms with Gasteiger partial charge in [0, 0.05) is 26.1 Å². The summed E-state index contributed by atoms with van der Waals surface area (Å²) in [5.74, 6) is 0.292. The van der Waals surface area contributed by atoms with Gasteiger partial charge in [0.15, 0.2) is 0 Å². The molecule has 2 aliphatic rings. The van der Waals surface area contributed by atoms with Gasteiger partial charge in [-0.3, -0.25) is 4.79 Å². The molecule has 1 saturated heterocycles. The topological polar surface area (TPSA) is 32.3 Å². The Hall–Kier alpha value is -0.770. The molecule has 0 aliphatic carbocycles. The number of benzene rings is 1. The minimum absolute atomic E-state index is 0.0301. The fourth-order valence-corrected chi connectivity index (χ4v) is 3.22. The number of halogens is 2. The van der Waals surface area contributed by atoms with Crippen LogP contribution in [0.2, 0.25) is 10.0 Å². The predicted molar refractivity (Wildman–Crippen MR) is 68.0 cm³/mol. The Morgan fingerprint density at radius 3 is 2.88 bits per heavy atom. The van der Waals surface area contributed by atoms with E-state index < -0.39 is 0 Å². The molecule has 1 aromatic carbocycles. The lowest BCUT2D eigenvalue weighted by molar-refractivity contribution is 0.0706. The SMILES string of the molecule is CN1C(=O)c2c(ccc(Cl)c2Cl)C2CNC[C@@H]21. The normalized spacial score (nSPS) is 27.0. The molecule has 0 spiro atoms. The van der Waals surface area contributed by atoms with Crippen LogP contribution < -0.4 is 5.32 Å². The van der Waals surface area contributed by atoms with Gasteiger partial charge in [-0.25, -0.2) is 0 Å². The molecule has 1 fully saturated rings. The summed E-state index contributed by atoms with van der Waals surface area (Å²) in [4.78, 5) is 14.1. The molecule has 2 heterocycles. The van der Waals surface area contributed by atoms with Gasteiger partial charge in [0.05, 0.1) is 21.7 Å². The number of fused-ring (bicyclic) bond motifs is 3. The van der Waals surface area contributed by atoms with Gasteiger partial charge in [-0.05, 0) is 11.6 Å². The van der Waals surface area contributed by atoms with Crippen LogP contribution >= 0.6 is 23.2 Å². The second kappa shape index (κ2) is 3.87. The van der Waals surface area contributed by atoms with Crippen molar-refractivity contribution in [3.63, 3.8) is 0 Å². The standard InChI is InChI=1S/C12H12Cl2N2O/c1-16-9-5-15-4-7(9)6-2-3-8(13)11(14)10(6)12(16)17/h2-3,7,9,15H,4-5H2,1H3/t7?,9-/m0/s1. The fourth-order valence-electron chi connectivity index (χ4n) is 2.81. The molecule has 1 amide bonds. The number of nitrogens with zero attached hydrogens (tertiary/aromatic N) is 1. The summed E-state index contributed by atoms with van der Waals surface area (Å²) in [5, 5.41) is 4.14. The monoisotopic (exact) mass is 270 g/mol. The van der Waals surface area contributed by atoms with Crippen molar-refractivity contribution in [3.8, 4) is 0 Å². The molecule has 2 atom stereocenters. The van der Waals surface area contributed by atoms with Gasteiger partial charge in [0.2, 0.25) is 0 Å². The first kappa shape index (κ1) is 11.3. The summed E-state index contributed by atoms with van der Waals surface area (Å²) >= 11 is 12.1. The number of hydrogen-bond acceptors (Lipinski definition) is 2. The average Bonchev–Trinajstić information content (AvgIpc) is 2.79. The van der Waals surface area contributed by atoms with Crippen LogP contribution in [0.15, 0.2) is 12.1 Å². The molecule has 1 aromatic rings. The van der Waals surface area contributed by atoms with Gasteiger partial charge in [-0.1, -0.05) is 29.3 Å². The summed E-state index contributed by atoms with van der Waals surface area (Å²) in [6.45, 7) is 1.72. The molecule has 17 heavy (non-hydrogen) atoms. The van der Waals surface area contributed by atoms with Crippen molar-refractivity contribution in [2.45, 2.75) is 12.0 Å². The molecular weight excluding hydrogens is 259 g/mol. The zero-order valence-corrected chi connectivity index (χ0v) is 10.8. The molecule has 5 heteroatoms. The quantitative estimate of drug-likeness (QED) is 0.784. The predicted octanol–water partition coefficient (Wildman–Crippen LogP) is 2.13. The maximum absolute atomic E-state index is 12.3. The van der Waals surface area contributed by atoms with E-state index in [0.717, 1.165) is 18.7 Å². The smallest absolute Gasteiger partial charge is 0.255 e. The summed E-state index contributed by atoms with van der Waals surface area (Å²) in [6, 6.07) is 3.93. The molecule has 90 valence electrons. The summed E-state index contributed by atoms with van der Waals surface area (Å²) in [6.07, 6.45) is 0. The summed E-state index contributed by atoms with van der Waals surface area (Å²) in [7, 11) is 1.83. The number of carbonyl (C=O) groups is 1. The Bertz CT molecular complexity index is 504.